The number of benzene rings is 1. The molecule has 136 valence electrons. The van der Waals surface area contributed by atoms with E-state index in [0.717, 1.165) is 34.8 Å². The lowest BCUT2D eigenvalue weighted by Crippen LogP contribution is -2.34. The van der Waals surface area contributed by atoms with Crippen molar-refractivity contribution in [2.24, 2.45) is 5.10 Å². The van der Waals surface area contributed by atoms with Crippen LogP contribution in [0.1, 0.15) is 41.6 Å². The molecule has 5 nitrogen and oxygen atoms in total. The molecule has 0 saturated carbocycles. The fraction of sp³-hybridized carbons (Fsp3) is 0.238. The summed E-state index contributed by atoms with van der Waals surface area (Å²) in [6.07, 6.45) is 4.14. The maximum atomic E-state index is 6.44. The van der Waals surface area contributed by atoms with Crippen molar-refractivity contribution in [2.45, 2.75) is 25.6 Å². The molecule has 2 aromatic heterocycles. The number of aromatic nitrogens is 1. The molecule has 0 saturated heterocycles. The molecular weight excluding hydrogens is 358 g/mol. The van der Waals surface area contributed by atoms with Crippen molar-refractivity contribution in [1.29, 1.82) is 0 Å². The van der Waals surface area contributed by atoms with Crippen LogP contribution in [0.25, 0.3) is 0 Å². The summed E-state index contributed by atoms with van der Waals surface area (Å²) in [5, 5.41) is 9.11. The van der Waals surface area contributed by atoms with Crippen LogP contribution in [0.2, 0.25) is 0 Å². The number of hydrazone groups is 1. The highest BCUT2D eigenvalue weighted by atomic mass is 32.1. The first kappa shape index (κ1) is 16.3. The maximum Gasteiger partial charge on any atom is 0.215 e. The van der Waals surface area contributed by atoms with Crippen LogP contribution in [0.4, 0.5) is 0 Å². The third-order valence-electron chi connectivity index (χ3n) is 4.86. The van der Waals surface area contributed by atoms with Crippen LogP contribution in [-0.2, 0) is 0 Å². The van der Waals surface area contributed by atoms with E-state index in [0.29, 0.717) is 6.61 Å². The average Bonchev–Trinajstić information content (AvgIpc) is 3.38. The van der Waals surface area contributed by atoms with Crippen LogP contribution in [0, 0.1) is 0 Å². The van der Waals surface area contributed by atoms with E-state index in [4.69, 9.17) is 14.6 Å². The zero-order valence-corrected chi connectivity index (χ0v) is 15.7. The highest BCUT2D eigenvalue weighted by molar-refractivity contribution is 7.12. The van der Waals surface area contributed by atoms with Crippen molar-refractivity contribution in [1.82, 2.24) is 9.99 Å². The fourth-order valence-corrected chi connectivity index (χ4v) is 4.41. The molecule has 2 atom stereocenters. The second-order valence-corrected chi connectivity index (χ2v) is 7.44. The Bertz CT molecular complexity index is 972. The van der Waals surface area contributed by atoms with Crippen LogP contribution in [0.3, 0.4) is 0 Å². The van der Waals surface area contributed by atoms with Gasteiger partial charge in [-0.05, 0) is 30.5 Å². The molecule has 6 heteroatoms. The number of nitrogens with zero attached hydrogens (tertiary/aromatic N) is 3. The number of fused-ring (bicyclic) bond motifs is 3. The van der Waals surface area contributed by atoms with Gasteiger partial charge in [-0.2, -0.15) is 5.10 Å². The van der Waals surface area contributed by atoms with Crippen LogP contribution < -0.4 is 9.47 Å². The minimum Gasteiger partial charge on any atom is -0.490 e. The molecule has 2 aliphatic heterocycles. The standard InChI is InChI=1S/C21H19N3O2S/c1-2-25-18-8-3-7-15-17-12-16(19-9-5-11-27-19)23-24(17)21(26-20(15)18)14-6-4-10-22-13-14/h3-11,13,17,21H,2,12H2,1H3/t17-,21-/m1/s1. The molecule has 4 heterocycles. The molecule has 0 fully saturated rings. The lowest BCUT2D eigenvalue weighted by atomic mass is 9.97. The zero-order chi connectivity index (χ0) is 18.2. The molecule has 0 bridgehead atoms. The molecule has 0 aliphatic carbocycles. The summed E-state index contributed by atoms with van der Waals surface area (Å²) in [6, 6.07) is 14.4. The summed E-state index contributed by atoms with van der Waals surface area (Å²) in [4.78, 5) is 5.48. The Morgan fingerprint density at radius 3 is 2.96 bits per heavy atom. The number of rotatable bonds is 4. The summed E-state index contributed by atoms with van der Waals surface area (Å²) in [5.74, 6) is 1.60. The number of hydrogen-bond acceptors (Lipinski definition) is 6. The van der Waals surface area contributed by atoms with Gasteiger partial charge in [0.2, 0.25) is 6.23 Å². The molecule has 5 rings (SSSR count). The Hall–Kier alpha value is -2.86. The Morgan fingerprint density at radius 1 is 1.22 bits per heavy atom. The van der Waals surface area contributed by atoms with E-state index < -0.39 is 0 Å². The predicted molar refractivity (Wildman–Crippen MR) is 105 cm³/mol. The lowest BCUT2D eigenvalue weighted by Gasteiger charge is -2.38. The molecule has 0 amide bonds. The molecule has 0 unspecified atom stereocenters. The van der Waals surface area contributed by atoms with Gasteiger partial charge >= 0.3 is 0 Å². The quantitative estimate of drug-likeness (QED) is 0.656. The highest BCUT2D eigenvalue weighted by Crippen LogP contribution is 2.50. The van der Waals surface area contributed by atoms with E-state index >= 15 is 0 Å². The van der Waals surface area contributed by atoms with Gasteiger partial charge in [0.05, 0.1) is 23.2 Å². The maximum absolute atomic E-state index is 6.44. The minimum atomic E-state index is -0.324. The SMILES string of the molecule is CCOc1cccc2c1O[C@H](c1cccnc1)N1N=C(c3cccs3)C[C@H]21. The smallest absolute Gasteiger partial charge is 0.215 e. The van der Waals surface area contributed by atoms with Gasteiger partial charge in [0.1, 0.15) is 0 Å². The summed E-state index contributed by atoms with van der Waals surface area (Å²) in [5.41, 5.74) is 3.20. The van der Waals surface area contributed by atoms with Gasteiger partial charge in [-0.25, -0.2) is 5.01 Å². The van der Waals surface area contributed by atoms with Crippen molar-refractivity contribution in [3.8, 4) is 11.5 Å². The third-order valence-corrected chi connectivity index (χ3v) is 5.77. The average molecular weight is 377 g/mol. The molecule has 0 spiro atoms. The Labute approximate surface area is 161 Å². The summed E-state index contributed by atoms with van der Waals surface area (Å²) < 4.78 is 12.3. The van der Waals surface area contributed by atoms with Crippen molar-refractivity contribution < 1.29 is 9.47 Å². The van der Waals surface area contributed by atoms with Crippen molar-refractivity contribution in [2.75, 3.05) is 6.61 Å². The topological polar surface area (TPSA) is 47.0 Å². The highest BCUT2D eigenvalue weighted by Gasteiger charge is 2.42. The Kier molecular flexibility index (Phi) is 4.05. The first-order chi connectivity index (χ1) is 13.3. The summed E-state index contributed by atoms with van der Waals surface area (Å²) >= 11 is 1.72. The lowest BCUT2D eigenvalue weighted by molar-refractivity contribution is -0.0214. The van der Waals surface area contributed by atoms with E-state index in [2.05, 4.69) is 33.6 Å². The second kappa shape index (κ2) is 6.70. The van der Waals surface area contributed by atoms with Crippen LogP contribution >= 0.6 is 11.3 Å². The Morgan fingerprint density at radius 2 is 2.19 bits per heavy atom. The normalized spacial score (nSPS) is 20.5. The number of ether oxygens (including phenoxy) is 2. The molecule has 0 N–H and O–H groups in total. The first-order valence-electron chi connectivity index (χ1n) is 9.07. The van der Waals surface area contributed by atoms with Gasteiger partial charge in [0, 0.05) is 29.9 Å². The number of para-hydroxylation sites is 1. The van der Waals surface area contributed by atoms with E-state index in [1.165, 1.54) is 4.88 Å². The van der Waals surface area contributed by atoms with E-state index in [1.54, 1.807) is 17.5 Å². The first-order valence-corrected chi connectivity index (χ1v) is 9.95. The second-order valence-electron chi connectivity index (χ2n) is 6.49. The zero-order valence-electron chi connectivity index (χ0n) is 14.9. The van der Waals surface area contributed by atoms with Gasteiger partial charge in [0.25, 0.3) is 0 Å². The number of hydrogen-bond donors (Lipinski definition) is 0. The van der Waals surface area contributed by atoms with E-state index in [-0.39, 0.29) is 12.3 Å². The van der Waals surface area contributed by atoms with Crippen LogP contribution in [0.15, 0.2) is 65.3 Å². The van der Waals surface area contributed by atoms with Crippen LogP contribution in [-0.4, -0.2) is 22.3 Å². The van der Waals surface area contributed by atoms with Gasteiger partial charge in [0.15, 0.2) is 11.5 Å². The van der Waals surface area contributed by atoms with E-state index in [9.17, 15) is 0 Å². The van der Waals surface area contributed by atoms with Gasteiger partial charge in [-0.15, -0.1) is 11.3 Å². The molecular formula is C21H19N3O2S. The Balaban J connectivity index is 1.62. The van der Waals surface area contributed by atoms with Crippen LogP contribution in [0.5, 0.6) is 11.5 Å². The molecule has 0 radical (unpaired) electrons. The minimum absolute atomic E-state index is 0.122. The third kappa shape index (κ3) is 2.77. The van der Waals surface area contributed by atoms with Gasteiger partial charge in [-0.3, -0.25) is 4.98 Å². The molecule has 1 aromatic carbocycles. The monoisotopic (exact) mass is 377 g/mol. The molecule has 27 heavy (non-hydrogen) atoms. The van der Waals surface area contributed by atoms with Gasteiger partial charge < -0.3 is 9.47 Å². The molecule has 3 aromatic rings. The van der Waals surface area contributed by atoms with Gasteiger partial charge in [-0.1, -0.05) is 24.3 Å². The van der Waals surface area contributed by atoms with Crippen molar-refractivity contribution in [3.63, 3.8) is 0 Å². The van der Waals surface area contributed by atoms with Crippen molar-refractivity contribution in [3.05, 3.63) is 76.2 Å². The number of thiophene rings is 1. The largest absolute Gasteiger partial charge is 0.490 e. The summed E-state index contributed by atoms with van der Waals surface area (Å²) in [7, 11) is 0. The number of pyridine rings is 1. The fourth-order valence-electron chi connectivity index (χ4n) is 3.69. The molecule has 2 aliphatic rings. The predicted octanol–water partition coefficient (Wildman–Crippen LogP) is 4.78. The van der Waals surface area contributed by atoms with Crippen molar-refractivity contribution >= 4 is 17.0 Å². The summed E-state index contributed by atoms with van der Waals surface area (Å²) in [6.45, 7) is 2.59. The van der Waals surface area contributed by atoms with E-state index in [1.807, 2.05) is 37.4 Å².